The van der Waals surface area contributed by atoms with Gasteiger partial charge in [-0.25, -0.2) is 14.2 Å². The Morgan fingerprint density at radius 1 is 0.963 bits per heavy atom. The number of hydrogen-bond acceptors (Lipinski definition) is 6. The first kappa shape index (κ1) is 15.7. The second-order valence-corrected chi connectivity index (χ2v) is 6.67. The molecule has 134 valence electrons. The van der Waals surface area contributed by atoms with Crippen LogP contribution in [0.5, 0.6) is 0 Å². The Bertz CT molecular complexity index is 1150. The van der Waals surface area contributed by atoms with E-state index in [1.54, 1.807) is 39.9 Å². The lowest BCUT2D eigenvalue weighted by atomic mass is 10.0. The van der Waals surface area contributed by atoms with Crippen LogP contribution in [0.15, 0.2) is 66.0 Å². The summed E-state index contributed by atoms with van der Waals surface area (Å²) in [5.41, 5.74) is 2.48. The minimum atomic E-state index is -0.0794. The highest BCUT2D eigenvalue weighted by molar-refractivity contribution is 5.57. The molecule has 0 aromatic carbocycles. The van der Waals surface area contributed by atoms with Crippen LogP contribution in [0.25, 0.3) is 16.9 Å². The number of anilines is 1. The van der Waals surface area contributed by atoms with Gasteiger partial charge in [-0.3, -0.25) is 9.78 Å². The lowest BCUT2D eigenvalue weighted by Gasteiger charge is -2.39. The summed E-state index contributed by atoms with van der Waals surface area (Å²) in [6.07, 6.45) is 7.02. The molecule has 0 atom stereocenters. The largest absolute Gasteiger partial charge is 0.354 e. The van der Waals surface area contributed by atoms with E-state index in [0.717, 1.165) is 35.8 Å². The van der Waals surface area contributed by atoms with Gasteiger partial charge >= 0.3 is 0 Å². The van der Waals surface area contributed by atoms with Crippen LogP contribution in [0.2, 0.25) is 0 Å². The van der Waals surface area contributed by atoms with Gasteiger partial charge in [0.2, 0.25) is 0 Å². The van der Waals surface area contributed by atoms with Gasteiger partial charge in [0.1, 0.15) is 5.82 Å². The van der Waals surface area contributed by atoms with Gasteiger partial charge in [-0.2, -0.15) is 5.10 Å². The molecular weight excluding hydrogens is 342 g/mol. The average molecular weight is 359 g/mol. The van der Waals surface area contributed by atoms with E-state index in [1.807, 2.05) is 30.5 Å². The fourth-order valence-corrected chi connectivity index (χ4v) is 3.35. The molecule has 0 amide bonds. The van der Waals surface area contributed by atoms with Gasteiger partial charge in [0.05, 0.1) is 12.2 Å². The second-order valence-electron chi connectivity index (χ2n) is 6.67. The first-order valence-corrected chi connectivity index (χ1v) is 8.80. The first-order chi connectivity index (χ1) is 13.3. The van der Waals surface area contributed by atoms with Gasteiger partial charge in [0.25, 0.3) is 5.56 Å². The molecule has 0 unspecified atom stereocenters. The zero-order valence-corrected chi connectivity index (χ0v) is 14.5. The second kappa shape index (κ2) is 6.31. The summed E-state index contributed by atoms with van der Waals surface area (Å²) in [4.78, 5) is 22.6. The molecule has 0 N–H and O–H groups in total. The molecule has 4 aromatic heterocycles. The Balaban J connectivity index is 1.30. The third-order valence-electron chi connectivity index (χ3n) is 4.80. The third-order valence-corrected chi connectivity index (χ3v) is 4.80. The average Bonchev–Trinajstić information content (AvgIpc) is 3.14. The van der Waals surface area contributed by atoms with Crippen molar-refractivity contribution in [2.24, 2.45) is 5.92 Å². The van der Waals surface area contributed by atoms with Crippen LogP contribution < -0.4 is 10.5 Å². The minimum Gasteiger partial charge on any atom is -0.354 e. The van der Waals surface area contributed by atoms with E-state index in [2.05, 4.69) is 25.1 Å². The van der Waals surface area contributed by atoms with E-state index >= 15 is 0 Å². The lowest BCUT2D eigenvalue weighted by molar-refractivity contribution is 0.333. The van der Waals surface area contributed by atoms with E-state index in [1.165, 1.54) is 0 Å². The Hall–Kier alpha value is -3.55. The van der Waals surface area contributed by atoms with Crippen molar-refractivity contribution in [2.75, 3.05) is 18.0 Å². The molecule has 27 heavy (non-hydrogen) atoms. The highest BCUT2D eigenvalue weighted by Gasteiger charge is 2.29. The maximum absolute atomic E-state index is 12.2. The van der Waals surface area contributed by atoms with E-state index in [4.69, 9.17) is 0 Å². The predicted octanol–water partition coefficient (Wildman–Crippen LogP) is 1.48. The SMILES string of the molecule is O=c1ccc(-c2ccncc2)nn1CC1CN(c2ccc3nccn3n2)C1. The molecule has 4 aromatic rings. The van der Waals surface area contributed by atoms with Crippen molar-refractivity contribution in [3.8, 4) is 11.3 Å². The molecule has 1 aliphatic heterocycles. The van der Waals surface area contributed by atoms with Crippen molar-refractivity contribution >= 4 is 11.5 Å². The van der Waals surface area contributed by atoms with Crippen molar-refractivity contribution in [1.82, 2.24) is 29.4 Å². The maximum atomic E-state index is 12.2. The van der Waals surface area contributed by atoms with Crippen LogP contribution in [0, 0.1) is 5.92 Å². The van der Waals surface area contributed by atoms with Gasteiger partial charge in [-0.1, -0.05) is 0 Å². The van der Waals surface area contributed by atoms with Gasteiger partial charge in [-0.05, 0) is 30.3 Å². The summed E-state index contributed by atoms with van der Waals surface area (Å²) in [7, 11) is 0. The lowest BCUT2D eigenvalue weighted by Crippen LogP contribution is -2.50. The zero-order valence-electron chi connectivity index (χ0n) is 14.5. The summed E-state index contributed by atoms with van der Waals surface area (Å²) in [6.45, 7) is 2.29. The first-order valence-electron chi connectivity index (χ1n) is 8.80. The van der Waals surface area contributed by atoms with Crippen LogP contribution in [-0.2, 0) is 6.54 Å². The summed E-state index contributed by atoms with van der Waals surface area (Å²) in [6, 6.07) is 11.0. The van der Waals surface area contributed by atoms with Crippen molar-refractivity contribution in [3.05, 3.63) is 71.5 Å². The fourth-order valence-electron chi connectivity index (χ4n) is 3.35. The quantitative estimate of drug-likeness (QED) is 0.549. The molecule has 8 nitrogen and oxygen atoms in total. The maximum Gasteiger partial charge on any atom is 0.266 e. The van der Waals surface area contributed by atoms with E-state index in [0.29, 0.717) is 12.5 Å². The molecule has 1 fully saturated rings. The van der Waals surface area contributed by atoms with Gasteiger partial charge < -0.3 is 4.90 Å². The van der Waals surface area contributed by atoms with Crippen molar-refractivity contribution < 1.29 is 0 Å². The van der Waals surface area contributed by atoms with Crippen LogP contribution >= 0.6 is 0 Å². The van der Waals surface area contributed by atoms with Gasteiger partial charge in [-0.15, -0.1) is 5.10 Å². The Kier molecular flexibility index (Phi) is 3.67. The molecule has 0 radical (unpaired) electrons. The molecule has 0 saturated carbocycles. The molecule has 0 spiro atoms. The van der Waals surface area contributed by atoms with Crippen molar-refractivity contribution in [1.29, 1.82) is 0 Å². The topological polar surface area (TPSA) is 81.2 Å². The minimum absolute atomic E-state index is 0.0794. The Labute approximate surface area is 154 Å². The number of aromatic nitrogens is 6. The smallest absolute Gasteiger partial charge is 0.266 e. The van der Waals surface area contributed by atoms with E-state index < -0.39 is 0 Å². The van der Waals surface area contributed by atoms with Crippen molar-refractivity contribution in [2.45, 2.75) is 6.54 Å². The summed E-state index contributed by atoms with van der Waals surface area (Å²) in [5, 5.41) is 9.09. The van der Waals surface area contributed by atoms with Crippen LogP contribution in [-0.4, -0.2) is 42.5 Å². The molecular formula is C19H17N7O. The number of fused-ring (bicyclic) bond motifs is 1. The van der Waals surface area contributed by atoms with Crippen LogP contribution in [0.1, 0.15) is 0 Å². The summed E-state index contributed by atoms with van der Waals surface area (Å²) < 4.78 is 3.33. The van der Waals surface area contributed by atoms with E-state index in [-0.39, 0.29) is 5.56 Å². The van der Waals surface area contributed by atoms with E-state index in [9.17, 15) is 4.79 Å². The fraction of sp³-hybridized carbons (Fsp3) is 0.211. The molecule has 1 aliphatic rings. The van der Waals surface area contributed by atoms with Gasteiger partial charge in [0.15, 0.2) is 5.65 Å². The highest BCUT2D eigenvalue weighted by atomic mass is 16.1. The zero-order chi connectivity index (χ0) is 18.2. The number of imidazole rings is 1. The number of pyridine rings is 1. The Morgan fingerprint density at radius 3 is 2.67 bits per heavy atom. The Morgan fingerprint density at radius 2 is 1.81 bits per heavy atom. The summed E-state index contributed by atoms with van der Waals surface area (Å²) >= 11 is 0. The molecule has 0 aliphatic carbocycles. The third kappa shape index (κ3) is 2.95. The monoisotopic (exact) mass is 359 g/mol. The number of hydrogen-bond donors (Lipinski definition) is 0. The number of nitrogens with zero attached hydrogens (tertiary/aromatic N) is 7. The van der Waals surface area contributed by atoms with Gasteiger partial charge in [0, 0.05) is 55.4 Å². The van der Waals surface area contributed by atoms with Crippen molar-refractivity contribution in [3.63, 3.8) is 0 Å². The molecule has 5 heterocycles. The molecule has 1 saturated heterocycles. The summed E-state index contributed by atoms with van der Waals surface area (Å²) in [5.74, 6) is 1.28. The van der Waals surface area contributed by atoms with Crippen LogP contribution in [0.3, 0.4) is 0 Å². The van der Waals surface area contributed by atoms with Crippen LogP contribution in [0.4, 0.5) is 5.82 Å². The standard InChI is InChI=1S/C19H17N7O/c27-19-4-1-16(15-5-7-20-8-6-15)22-26(19)13-14-11-24(12-14)18-3-2-17-21-9-10-25(17)23-18/h1-10,14H,11-13H2. The molecule has 8 heteroatoms. The number of rotatable bonds is 4. The molecule has 5 rings (SSSR count). The normalized spacial score (nSPS) is 14.4. The highest BCUT2D eigenvalue weighted by Crippen LogP contribution is 2.24. The molecule has 0 bridgehead atoms. The predicted molar refractivity (Wildman–Crippen MR) is 100 cm³/mol.